The van der Waals surface area contributed by atoms with Crippen molar-refractivity contribution in [2.75, 3.05) is 7.11 Å². The lowest BCUT2D eigenvalue weighted by Crippen LogP contribution is -2.19. The van der Waals surface area contributed by atoms with Crippen molar-refractivity contribution in [2.45, 2.75) is 19.5 Å². The molecule has 0 fully saturated rings. The van der Waals surface area contributed by atoms with Crippen molar-refractivity contribution in [1.29, 1.82) is 5.26 Å². The monoisotopic (exact) mass is 272 g/mol. The zero-order valence-corrected chi connectivity index (χ0v) is 11.8. The number of hydrogen-bond acceptors (Lipinski definition) is 4. The van der Waals surface area contributed by atoms with Crippen molar-refractivity contribution >= 4 is 11.3 Å². The second-order valence-electron chi connectivity index (χ2n) is 4.25. The molecular formula is C15H16N2OS. The highest BCUT2D eigenvalue weighted by molar-refractivity contribution is 7.09. The maximum atomic E-state index is 9.29. The summed E-state index contributed by atoms with van der Waals surface area (Å²) >= 11 is 1.69. The SMILES string of the molecule is COc1ccc(C(C#N)NCc2cccs2)cc1C. The van der Waals surface area contributed by atoms with E-state index in [0.717, 1.165) is 16.9 Å². The molecule has 0 spiro atoms. The molecule has 0 saturated heterocycles. The summed E-state index contributed by atoms with van der Waals surface area (Å²) in [5.41, 5.74) is 2.01. The van der Waals surface area contributed by atoms with Crippen LogP contribution >= 0.6 is 11.3 Å². The van der Waals surface area contributed by atoms with Crippen LogP contribution < -0.4 is 10.1 Å². The predicted octanol–water partition coefficient (Wildman–Crippen LogP) is 3.42. The van der Waals surface area contributed by atoms with Gasteiger partial charge in [0.05, 0.1) is 13.2 Å². The number of nitriles is 1. The van der Waals surface area contributed by atoms with E-state index in [2.05, 4.69) is 17.5 Å². The van der Waals surface area contributed by atoms with Gasteiger partial charge in [0.2, 0.25) is 0 Å². The maximum absolute atomic E-state index is 9.29. The number of nitrogens with zero attached hydrogens (tertiary/aromatic N) is 1. The van der Waals surface area contributed by atoms with Crippen molar-refractivity contribution < 1.29 is 4.74 Å². The Labute approximate surface area is 117 Å². The van der Waals surface area contributed by atoms with Gasteiger partial charge in [-0.3, -0.25) is 5.32 Å². The average molecular weight is 272 g/mol. The molecule has 3 nitrogen and oxygen atoms in total. The molecule has 0 aliphatic heterocycles. The van der Waals surface area contributed by atoms with Crippen molar-refractivity contribution in [2.24, 2.45) is 0 Å². The Bertz CT molecular complexity index is 572. The van der Waals surface area contributed by atoms with Gasteiger partial charge in [0.1, 0.15) is 11.8 Å². The number of benzene rings is 1. The number of ether oxygens (including phenoxy) is 1. The third kappa shape index (κ3) is 3.34. The van der Waals surface area contributed by atoms with Gasteiger partial charge in [-0.2, -0.15) is 5.26 Å². The average Bonchev–Trinajstić information content (AvgIpc) is 2.93. The lowest BCUT2D eigenvalue weighted by atomic mass is 10.0. The summed E-state index contributed by atoms with van der Waals surface area (Å²) < 4.78 is 5.23. The Morgan fingerprint density at radius 2 is 2.26 bits per heavy atom. The van der Waals surface area contributed by atoms with E-state index < -0.39 is 0 Å². The van der Waals surface area contributed by atoms with E-state index in [-0.39, 0.29) is 6.04 Å². The van der Waals surface area contributed by atoms with Gasteiger partial charge >= 0.3 is 0 Å². The normalized spacial score (nSPS) is 11.8. The lowest BCUT2D eigenvalue weighted by molar-refractivity contribution is 0.411. The van der Waals surface area contributed by atoms with Crippen molar-refractivity contribution in [1.82, 2.24) is 5.32 Å². The smallest absolute Gasteiger partial charge is 0.121 e. The molecule has 0 bridgehead atoms. The summed E-state index contributed by atoms with van der Waals surface area (Å²) in [6, 6.07) is 11.9. The van der Waals surface area contributed by atoms with Crippen LogP contribution in [0, 0.1) is 18.3 Å². The van der Waals surface area contributed by atoms with Gasteiger partial charge in [0.25, 0.3) is 0 Å². The minimum absolute atomic E-state index is 0.299. The largest absolute Gasteiger partial charge is 0.496 e. The number of rotatable bonds is 5. The van der Waals surface area contributed by atoms with Crippen LogP contribution in [0.4, 0.5) is 0 Å². The topological polar surface area (TPSA) is 45.0 Å². The second kappa shape index (κ2) is 6.37. The van der Waals surface area contributed by atoms with Crippen LogP contribution in [0.5, 0.6) is 5.75 Å². The quantitative estimate of drug-likeness (QED) is 0.907. The molecule has 0 aliphatic carbocycles. The molecule has 0 saturated carbocycles. The Balaban J connectivity index is 2.09. The van der Waals surface area contributed by atoms with Crippen LogP contribution in [-0.2, 0) is 6.54 Å². The van der Waals surface area contributed by atoms with Gasteiger partial charge in [0, 0.05) is 11.4 Å². The van der Waals surface area contributed by atoms with E-state index in [9.17, 15) is 5.26 Å². The first-order valence-corrected chi connectivity index (χ1v) is 6.92. The van der Waals surface area contributed by atoms with Crippen LogP contribution in [0.1, 0.15) is 22.0 Å². The van der Waals surface area contributed by atoms with Crippen LogP contribution in [0.25, 0.3) is 0 Å². The molecule has 19 heavy (non-hydrogen) atoms. The third-order valence-electron chi connectivity index (χ3n) is 2.94. The van der Waals surface area contributed by atoms with Gasteiger partial charge in [-0.15, -0.1) is 11.3 Å². The zero-order valence-electron chi connectivity index (χ0n) is 11.0. The molecule has 2 rings (SSSR count). The van der Waals surface area contributed by atoms with Gasteiger partial charge in [0.15, 0.2) is 0 Å². The summed E-state index contributed by atoms with van der Waals surface area (Å²) in [6.45, 7) is 2.69. The molecule has 1 unspecified atom stereocenters. The first-order chi connectivity index (χ1) is 9.24. The van der Waals surface area contributed by atoms with E-state index >= 15 is 0 Å². The Morgan fingerprint density at radius 1 is 1.42 bits per heavy atom. The molecule has 4 heteroatoms. The standard InChI is InChI=1S/C15H16N2OS/c1-11-8-12(5-6-15(11)18-2)14(9-16)17-10-13-4-3-7-19-13/h3-8,14,17H,10H2,1-2H3. The fourth-order valence-corrected chi connectivity index (χ4v) is 2.59. The molecule has 0 radical (unpaired) electrons. The molecule has 1 heterocycles. The van der Waals surface area contributed by atoms with Crippen LogP contribution in [0.15, 0.2) is 35.7 Å². The number of thiophene rings is 1. The summed E-state index contributed by atoms with van der Waals surface area (Å²) in [7, 11) is 1.65. The first kappa shape index (κ1) is 13.6. The highest BCUT2D eigenvalue weighted by atomic mass is 32.1. The zero-order chi connectivity index (χ0) is 13.7. The van der Waals surface area contributed by atoms with E-state index in [1.807, 2.05) is 36.6 Å². The number of aryl methyl sites for hydroxylation is 1. The summed E-state index contributed by atoms with van der Waals surface area (Å²) in [5.74, 6) is 0.846. The Morgan fingerprint density at radius 3 is 2.84 bits per heavy atom. The van der Waals surface area contributed by atoms with E-state index in [0.29, 0.717) is 6.54 Å². The molecule has 1 aromatic heterocycles. The minimum atomic E-state index is -0.299. The fraction of sp³-hybridized carbons (Fsp3) is 0.267. The van der Waals surface area contributed by atoms with Crippen LogP contribution in [0.2, 0.25) is 0 Å². The molecule has 1 aromatic carbocycles. The summed E-state index contributed by atoms with van der Waals surface area (Å²) in [4.78, 5) is 1.23. The van der Waals surface area contributed by atoms with Crippen LogP contribution in [-0.4, -0.2) is 7.11 Å². The van der Waals surface area contributed by atoms with Crippen molar-refractivity contribution in [3.05, 3.63) is 51.7 Å². The van der Waals surface area contributed by atoms with E-state index in [1.54, 1.807) is 18.4 Å². The van der Waals surface area contributed by atoms with Gasteiger partial charge in [-0.25, -0.2) is 0 Å². The summed E-state index contributed by atoms with van der Waals surface area (Å²) in [6.07, 6.45) is 0. The maximum Gasteiger partial charge on any atom is 0.121 e. The predicted molar refractivity (Wildman–Crippen MR) is 77.2 cm³/mol. The molecule has 0 aliphatic rings. The molecule has 98 valence electrons. The van der Waals surface area contributed by atoms with E-state index in [1.165, 1.54) is 4.88 Å². The first-order valence-electron chi connectivity index (χ1n) is 6.04. The molecule has 2 aromatic rings. The Kier molecular flexibility index (Phi) is 4.56. The highest BCUT2D eigenvalue weighted by Crippen LogP contribution is 2.22. The van der Waals surface area contributed by atoms with Crippen molar-refractivity contribution in [3.8, 4) is 11.8 Å². The van der Waals surface area contributed by atoms with Gasteiger partial charge in [-0.05, 0) is 41.6 Å². The third-order valence-corrected chi connectivity index (χ3v) is 3.82. The second-order valence-corrected chi connectivity index (χ2v) is 5.28. The number of hydrogen-bond donors (Lipinski definition) is 1. The molecular weight excluding hydrogens is 256 g/mol. The number of nitrogens with one attached hydrogen (secondary N) is 1. The molecule has 0 amide bonds. The lowest BCUT2D eigenvalue weighted by Gasteiger charge is -2.13. The molecule has 1 atom stereocenters. The molecule has 1 N–H and O–H groups in total. The van der Waals surface area contributed by atoms with Gasteiger partial charge in [-0.1, -0.05) is 12.1 Å². The Hall–Kier alpha value is -1.83. The fourth-order valence-electron chi connectivity index (χ4n) is 1.94. The van der Waals surface area contributed by atoms with Crippen molar-refractivity contribution in [3.63, 3.8) is 0 Å². The van der Waals surface area contributed by atoms with Gasteiger partial charge < -0.3 is 4.74 Å². The minimum Gasteiger partial charge on any atom is -0.496 e. The van der Waals surface area contributed by atoms with E-state index in [4.69, 9.17) is 4.74 Å². The summed E-state index contributed by atoms with van der Waals surface area (Å²) in [5, 5.41) is 14.6. The number of methoxy groups -OCH3 is 1. The van der Waals surface area contributed by atoms with Crippen LogP contribution in [0.3, 0.4) is 0 Å². The highest BCUT2D eigenvalue weighted by Gasteiger charge is 2.11.